The third-order valence-corrected chi connectivity index (χ3v) is 7.75. The van der Waals surface area contributed by atoms with Crippen molar-refractivity contribution in [2.75, 3.05) is 38.7 Å². The Bertz CT molecular complexity index is 813. The first kappa shape index (κ1) is 18.9. The average molecular weight is 395 g/mol. The summed E-state index contributed by atoms with van der Waals surface area (Å²) < 4.78 is 25.7. The maximum atomic E-state index is 13.3. The Hall–Kier alpha value is -1.41. The monoisotopic (exact) mass is 394 g/mol. The number of nitrogens with zero attached hydrogens (tertiary/aromatic N) is 4. The van der Waals surface area contributed by atoms with Crippen LogP contribution < -0.4 is 0 Å². The van der Waals surface area contributed by atoms with Crippen LogP contribution in [-0.4, -0.2) is 78.6 Å². The lowest BCUT2D eigenvalue weighted by atomic mass is 10.0. The van der Waals surface area contributed by atoms with Crippen molar-refractivity contribution in [2.45, 2.75) is 56.5 Å². The number of rotatable bonds is 5. The minimum absolute atomic E-state index is 0.00283. The van der Waals surface area contributed by atoms with Crippen LogP contribution in [0.4, 0.5) is 0 Å². The summed E-state index contributed by atoms with van der Waals surface area (Å²) in [4.78, 5) is 17.4. The van der Waals surface area contributed by atoms with Crippen molar-refractivity contribution in [1.82, 2.24) is 19.6 Å². The zero-order chi connectivity index (χ0) is 19.2. The highest BCUT2D eigenvalue weighted by molar-refractivity contribution is 7.91. The molecule has 0 bridgehead atoms. The Morgan fingerprint density at radius 1 is 1.22 bits per heavy atom. The van der Waals surface area contributed by atoms with Gasteiger partial charge in [0.05, 0.1) is 17.5 Å². The van der Waals surface area contributed by atoms with Gasteiger partial charge in [0, 0.05) is 30.7 Å². The minimum atomic E-state index is -2.98. The van der Waals surface area contributed by atoms with Crippen molar-refractivity contribution in [3.63, 3.8) is 0 Å². The molecule has 150 valence electrons. The van der Waals surface area contributed by atoms with Crippen LogP contribution in [0, 0.1) is 0 Å². The van der Waals surface area contributed by atoms with E-state index in [1.54, 1.807) is 0 Å². The molecule has 1 aliphatic carbocycles. The second-order valence-corrected chi connectivity index (χ2v) is 10.9. The quantitative estimate of drug-likeness (QED) is 0.759. The van der Waals surface area contributed by atoms with Crippen LogP contribution >= 0.6 is 0 Å². The van der Waals surface area contributed by atoms with Gasteiger partial charge < -0.3 is 9.80 Å². The smallest absolute Gasteiger partial charge is 0.274 e. The first-order valence-electron chi connectivity index (χ1n) is 10.1. The van der Waals surface area contributed by atoms with Crippen LogP contribution in [0.1, 0.15) is 66.7 Å². The Morgan fingerprint density at radius 3 is 2.63 bits per heavy atom. The molecule has 3 fully saturated rings. The van der Waals surface area contributed by atoms with Crippen LogP contribution in [0.2, 0.25) is 0 Å². The molecule has 2 atom stereocenters. The Labute approximate surface area is 161 Å². The maximum Gasteiger partial charge on any atom is 0.274 e. The minimum Gasteiger partial charge on any atom is -0.333 e. The van der Waals surface area contributed by atoms with E-state index in [1.165, 1.54) is 0 Å². The molecule has 3 heterocycles. The average Bonchev–Trinajstić information content (AvgIpc) is 3.25. The van der Waals surface area contributed by atoms with Crippen molar-refractivity contribution in [3.05, 3.63) is 17.5 Å². The highest BCUT2D eigenvalue weighted by Gasteiger charge is 2.37. The molecular weight excluding hydrogens is 364 g/mol. The van der Waals surface area contributed by atoms with Crippen LogP contribution in [0.25, 0.3) is 0 Å². The van der Waals surface area contributed by atoms with Crippen LogP contribution in [0.3, 0.4) is 0 Å². The van der Waals surface area contributed by atoms with Gasteiger partial charge in [-0.3, -0.25) is 9.48 Å². The molecule has 0 radical (unpaired) electrons. The predicted octanol–water partition coefficient (Wildman–Crippen LogP) is 1.68. The van der Waals surface area contributed by atoms with Crippen LogP contribution in [0.15, 0.2) is 6.07 Å². The third kappa shape index (κ3) is 4.06. The van der Waals surface area contributed by atoms with Gasteiger partial charge in [-0.25, -0.2) is 8.42 Å². The van der Waals surface area contributed by atoms with Gasteiger partial charge in [-0.2, -0.15) is 5.10 Å². The number of hydrogen-bond donors (Lipinski definition) is 0. The second kappa shape index (κ2) is 7.20. The molecule has 1 aromatic rings. The second-order valence-electron chi connectivity index (χ2n) is 8.64. The number of carbonyl (C=O) groups excluding carboxylic acids is 1. The van der Waals surface area contributed by atoms with Crippen molar-refractivity contribution in [3.8, 4) is 0 Å². The fourth-order valence-electron chi connectivity index (χ4n) is 4.48. The number of aromatic nitrogens is 2. The van der Waals surface area contributed by atoms with Crippen molar-refractivity contribution in [2.24, 2.45) is 0 Å². The number of likely N-dealkylation sites (tertiary alicyclic amines) is 1. The lowest BCUT2D eigenvalue weighted by Crippen LogP contribution is -2.48. The Morgan fingerprint density at radius 2 is 2.00 bits per heavy atom. The number of hydrogen-bond acceptors (Lipinski definition) is 5. The number of sulfone groups is 1. The molecule has 2 saturated heterocycles. The molecule has 8 heteroatoms. The molecule has 0 N–H and O–H groups in total. The summed E-state index contributed by atoms with van der Waals surface area (Å²) in [6.45, 7) is 1.64. The topological polar surface area (TPSA) is 75.5 Å². The molecule has 1 aromatic heterocycles. The van der Waals surface area contributed by atoms with Crippen molar-refractivity contribution >= 4 is 15.7 Å². The summed E-state index contributed by atoms with van der Waals surface area (Å²) in [6.07, 6.45) is 6.03. The van der Waals surface area contributed by atoms with Crippen LogP contribution in [0.5, 0.6) is 0 Å². The number of piperidine rings is 1. The molecule has 27 heavy (non-hydrogen) atoms. The van der Waals surface area contributed by atoms with Crippen molar-refractivity contribution < 1.29 is 13.2 Å². The highest BCUT2D eigenvalue weighted by Crippen LogP contribution is 2.42. The van der Waals surface area contributed by atoms with E-state index >= 15 is 0 Å². The zero-order valence-corrected chi connectivity index (χ0v) is 17.1. The SMILES string of the molecule is CN(C)C[C@H]1CCCCN1C(=O)c1cc(C2CC2)n([C@H]2CCS(=O)(=O)C2)n1. The summed E-state index contributed by atoms with van der Waals surface area (Å²) in [5.74, 6) is 0.807. The molecular formula is C19H30N4O3S. The number of carbonyl (C=O) groups is 1. The number of amides is 1. The third-order valence-electron chi connectivity index (χ3n) is 6.00. The fraction of sp³-hybridized carbons (Fsp3) is 0.789. The van der Waals surface area contributed by atoms with Gasteiger partial charge in [-0.05, 0) is 58.7 Å². The van der Waals surface area contributed by atoms with Gasteiger partial charge in [-0.1, -0.05) is 0 Å². The summed E-state index contributed by atoms with van der Waals surface area (Å²) in [5.41, 5.74) is 1.55. The van der Waals surface area contributed by atoms with E-state index in [4.69, 9.17) is 0 Å². The lowest BCUT2D eigenvalue weighted by Gasteiger charge is -2.36. The van der Waals surface area contributed by atoms with E-state index in [0.717, 1.165) is 50.9 Å². The van der Waals surface area contributed by atoms with E-state index in [0.29, 0.717) is 18.0 Å². The standard InChI is InChI=1S/C19H30N4O3S/c1-21(2)12-15-5-3-4-9-22(15)19(24)17-11-18(14-6-7-14)23(20-17)16-8-10-27(25,26)13-16/h11,14-16H,3-10,12-13H2,1-2H3/t15-,16+/m1/s1. The molecule has 4 rings (SSSR count). The van der Waals surface area contributed by atoms with Gasteiger partial charge in [-0.15, -0.1) is 0 Å². The van der Waals surface area contributed by atoms with Gasteiger partial charge in [0.15, 0.2) is 15.5 Å². The van der Waals surface area contributed by atoms with Gasteiger partial charge in [0.2, 0.25) is 0 Å². The van der Waals surface area contributed by atoms with Crippen molar-refractivity contribution in [1.29, 1.82) is 0 Å². The summed E-state index contributed by atoms with van der Waals surface area (Å²) in [6, 6.07) is 2.04. The maximum absolute atomic E-state index is 13.3. The number of likely N-dealkylation sites (N-methyl/N-ethyl adjacent to an activating group) is 1. The summed E-state index contributed by atoms with van der Waals surface area (Å²) in [7, 11) is 1.10. The molecule has 0 unspecified atom stereocenters. The molecule has 0 spiro atoms. The van der Waals surface area contributed by atoms with E-state index in [1.807, 2.05) is 29.7 Å². The van der Waals surface area contributed by atoms with E-state index < -0.39 is 9.84 Å². The van der Waals surface area contributed by atoms with E-state index in [9.17, 15) is 13.2 Å². The summed E-state index contributed by atoms with van der Waals surface area (Å²) >= 11 is 0. The van der Waals surface area contributed by atoms with Gasteiger partial charge >= 0.3 is 0 Å². The summed E-state index contributed by atoms with van der Waals surface area (Å²) in [5, 5.41) is 4.66. The molecule has 1 amide bonds. The first-order chi connectivity index (χ1) is 12.8. The van der Waals surface area contributed by atoms with Gasteiger partial charge in [0.25, 0.3) is 5.91 Å². The highest BCUT2D eigenvalue weighted by atomic mass is 32.2. The first-order valence-corrected chi connectivity index (χ1v) is 11.9. The largest absolute Gasteiger partial charge is 0.333 e. The van der Waals surface area contributed by atoms with E-state index in [-0.39, 0.29) is 29.5 Å². The predicted molar refractivity (Wildman–Crippen MR) is 104 cm³/mol. The molecule has 0 aromatic carbocycles. The lowest BCUT2D eigenvalue weighted by molar-refractivity contribution is 0.0567. The molecule has 2 aliphatic heterocycles. The normalized spacial score (nSPS) is 28.0. The molecule has 7 nitrogen and oxygen atoms in total. The zero-order valence-electron chi connectivity index (χ0n) is 16.3. The Kier molecular flexibility index (Phi) is 5.05. The Balaban J connectivity index is 1.59. The van der Waals surface area contributed by atoms with E-state index in [2.05, 4.69) is 10.00 Å². The fourth-order valence-corrected chi connectivity index (χ4v) is 6.18. The van der Waals surface area contributed by atoms with Crippen LogP contribution in [-0.2, 0) is 9.84 Å². The molecule has 3 aliphatic rings. The van der Waals surface area contributed by atoms with Gasteiger partial charge in [0.1, 0.15) is 0 Å². The molecule has 1 saturated carbocycles.